The molecule has 0 unspecified atom stereocenters. The quantitative estimate of drug-likeness (QED) is 0.129. The monoisotopic (exact) mass is 777 g/mol. The second-order valence-electron chi connectivity index (χ2n) is 15.2. The Bertz CT molecular complexity index is 3790. The van der Waals surface area contributed by atoms with Gasteiger partial charge in [0.25, 0.3) is 0 Å². The molecule has 3 aromatic heterocycles. The van der Waals surface area contributed by atoms with Crippen LogP contribution in [0, 0.1) is 6.57 Å². The van der Waals surface area contributed by atoms with Crippen LogP contribution < -0.4 is 0 Å². The number of hydrogen-bond acceptors (Lipinski definition) is 5. The van der Waals surface area contributed by atoms with E-state index in [1.807, 2.05) is 91.1 Å². The predicted molar refractivity (Wildman–Crippen MR) is 248 cm³/mol. The van der Waals surface area contributed by atoms with Gasteiger partial charge in [-0.25, -0.2) is 19.8 Å². The molecule has 61 heavy (non-hydrogen) atoms. The van der Waals surface area contributed by atoms with Gasteiger partial charge in [0.05, 0.1) is 12.1 Å². The summed E-state index contributed by atoms with van der Waals surface area (Å²) in [5.74, 6) is 1.72. The van der Waals surface area contributed by atoms with Gasteiger partial charge >= 0.3 is 0 Å². The van der Waals surface area contributed by atoms with Gasteiger partial charge in [0.15, 0.2) is 23.2 Å². The molecule has 0 N–H and O–H groups in total. The number of benzene rings is 9. The maximum atomic E-state index is 7.82. The molecule has 0 spiro atoms. The van der Waals surface area contributed by atoms with Crippen molar-refractivity contribution in [3.8, 4) is 56.4 Å². The van der Waals surface area contributed by atoms with Crippen LogP contribution in [0.3, 0.4) is 0 Å². The lowest BCUT2D eigenvalue weighted by atomic mass is 9.87. The van der Waals surface area contributed by atoms with Crippen LogP contribution in [0.1, 0.15) is 0 Å². The Balaban J connectivity index is 1.04. The molecule has 3 heterocycles. The fraction of sp³-hybridized carbons (Fsp3) is 0. The van der Waals surface area contributed by atoms with Crippen LogP contribution in [0.2, 0.25) is 0 Å². The molecule has 0 radical (unpaired) electrons. The number of hydrogen-bond donors (Lipinski definition) is 0. The summed E-state index contributed by atoms with van der Waals surface area (Å²) >= 11 is 0. The van der Waals surface area contributed by atoms with Crippen molar-refractivity contribution in [2.45, 2.75) is 0 Å². The van der Waals surface area contributed by atoms with E-state index in [0.717, 1.165) is 104 Å². The molecule has 0 aliphatic carbocycles. The lowest BCUT2D eigenvalue weighted by molar-refractivity contribution is 0.669. The topological polar surface area (TPSA) is 69.1 Å². The van der Waals surface area contributed by atoms with Crippen LogP contribution in [0.15, 0.2) is 193 Å². The zero-order valence-electron chi connectivity index (χ0n) is 32.5. The van der Waals surface area contributed by atoms with Crippen LogP contribution in [-0.2, 0) is 0 Å². The van der Waals surface area contributed by atoms with E-state index < -0.39 is 0 Å². The zero-order valence-corrected chi connectivity index (χ0v) is 32.5. The molecule has 0 aliphatic rings. The first kappa shape index (κ1) is 34.5. The molecule has 0 fully saturated rings. The number of furan rings is 1. The highest BCUT2D eigenvalue weighted by atomic mass is 16.3. The Hall–Kier alpha value is -8.53. The molecule has 0 saturated heterocycles. The van der Waals surface area contributed by atoms with Crippen molar-refractivity contribution in [1.82, 2.24) is 19.9 Å². The largest absolute Gasteiger partial charge is 0.456 e. The molecule has 0 amide bonds. The maximum absolute atomic E-state index is 7.82. The van der Waals surface area contributed by atoms with E-state index in [4.69, 9.17) is 30.9 Å². The fourth-order valence-corrected chi connectivity index (χ4v) is 8.93. The van der Waals surface area contributed by atoms with Gasteiger partial charge in [0, 0.05) is 44.6 Å². The minimum Gasteiger partial charge on any atom is -0.456 e. The first-order valence-corrected chi connectivity index (χ1v) is 20.2. The number of rotatable bonds is 5. The van der Waals surface area contributed by atoms with E-state index in [1.165, 1.54) is 0 Å². The van der Waals surface area contributed by atoms with Crippen molar-refractivity contribution in [1.29, 1.82) is 0 Å². The summed E-state index contributed by atoms with van der Waals surface area (Å²) in [6.45, 7) is 7.82. The second kappa shape index (κ2) is 13.8. The molecule has 0 saturated carbocycles. The number of para-hydroxylation sites is 1. The fourth-order valence-electron chi connectivity index (χ4n) is 8.93. The number of nitrogens with zero attached hydrogens (tertiary/aromatic N) is 5. The Morgan fingerprint density at radius 3 is 1.75 bits per heavy atom. The van der Waals surface area contributed by atoms with Crippen molar-refractivity contribution in [2.24, 2.45) is 0 Å². The SMILES string of the molecule is [C-]#[N+]c1ccc(-c2cc3c4cccnc4c(-c4cccc(-c5nc(-c6ccccc6)nc(-c6ccc7c(c6)oc6ccccc67)n5)c4)cc3c3ccccc23)c2ccccc12. The van der Waals surface area contributed by atoms with E-state index in [1.54, 1.807) is 0 Å². The van der Waals surface area contributed by atoms with Gasteiger partial charge in [-0.1, -0.05) is 140 Å². The Labute approximate surface area is 349 Å². The summed E-state index contributed by atoms with van der Waals surface area (Å²) in [6, 6.07) is 62.3. The normalized spacial score (nSPS) is 11.6. The maximum Gasteiger partial charge on any atom is 0.194 e. The van der Waals surface area contributed by atoms with Gasteiger partial charge in [-0.2, -0.15) is 0 Å². The van der Waals surface area contributed by atoms with E-state index in [0.29, 0.717) is 23.2 Å². The Morgan fingerprint density at radius 2 is 0.951 bits per heavy atom. The standard InChI is InChI=1S/C55H31N5O/c1-56-49-27-26-40(37-17-7-8-20-41(37)49)46-32-48-44-22-12-28-57-52(44)45(31-47(48)39-19-6-5-18-38(39)46)34-15-11-16-35(29-34)54-58-53(33-13-3-2-4-14-33)59-55(60-54)36-24-25-43-42-21-9-10-23-50(42)61-51(43)30-36/h2-32H. The van der Waals surface area contributed by atoms with Crippen LogP contribution in [0.25, 0.3) is 126 Å². The van der Waals surface area contributed by atoms with E-state index in [2.05, 4.69) is 102 Å². The van der Waals surface area contributed by atoms with Gasteiger partial charge in [0.1, 0.15) is 11.2 Å². The van der Waals surface area contributed by atoms with E-state index in [9.17, 15) is 0 Å². The predicted octanol–water partition coefficient (Wildman–Crippen LogP) is 14.7. The van der Waals surface area contributed by atoms with Crippen molar-refractivity contribution in [3.05, 3.63) is 200 Å². The third-order valence-electron chi connectivity index (χ3n) is 11.8. The molecular weight excluding hydrogens is 747 g/mol. The minimum atomic E-state index is 0.563. The number of aromatic nitrogens is 4. The summed E-state index contributed by atoms with van der Waals surface area (Å²) in [7, 11) is 0. The third kappa shape index (κ3) is 5.64. The molecule has 0 bridgehead atoms. The Morgan fingerprint density at radius 1 is 0.361 bits per heavy atom. The number of pyridine rings is 1. The lowest BCUT2D eigenvalue weighted by Gasteiger charge is -2.17. The molecule has 0 aliphatic heterocycles. The van der Waals surface area contributed by atoms with Crippen LogP contribution >= 0.6 is 0 Å². The zero-order chi connectivity index (χ0) is 40.4. The first-order chi connectivity index (χ1) is 30.2. The van der Waals surface area contributed by atoms with Gasteiger partial charge in [-0.05, 0) is 91.5 Å². The Kier molecular flexibility index (Phi) is 7.81. The van der Waals surface area contributed by atoms with Crippen molar-refractivity contribution in [3.63, 3.8) is 0 Å². The van der Waals surface area contributed by atoms with E-state index in [-0.39, 0.29) is 0 Å². The van der Waals surface area contributed by atoms with E-state index >= 15 is 0 Å². The smallest absolute Gasteiger partial charge is 0.194 e. The lowest BCUT2D eigenvalue weighted by Crippen LogP contribution is -2.00. The molecule has 6 heteroatoms. The first-order valence-electron chi connectivity index (χ1n) is 20.2. The van der Waals surface area contributed by atoms with Crippen molar-refractivity contribution in [2.75, 3.05) is 0 Å². The number of fused-ring (bicyclic) bond motifs is 9. The highest BCUT2D eigenvalue weighted by Gasteiger charge is 2.19. The molecule has 9 aromatic carbocycles. The molecule has 6 nitrogen and oxygen atoms in total. The highest BCUT2D eigenvalue weighted by Crippen LogP contribution is 2.44. The van der Waals surface area contributed by atoms with Gasteiger partial charge in [0.2, 0.25) is 0 Å². The highest BCUT2D eigenvalue weighted by molar-refractivity contribution is 6.24. The molecular formula is C55H31N5O. The summed E-state index contributed by atoms with van der Waals surface area (Å²) in [4.78, 5) is 24.1. The van der Waals surface area contributed by atoms with Gasteiger partial charge in [-0.3, -0.25) is 4.98 Å². The van der Waals surface area contributed by atoms with Crippen LogP contribution in [-0.4, -0.2) is 19.9 Å². The molecule has 12 rings (SSSR count). The van der Waals surface area contributed by atoms with Crippen molar-refractivity contribution < 1.29 is 4.42 Å². The molecule has 0 atom stereocenters. The average Bonchev–Trinajstić information content (AvgIpc) is 3.71. The average molecular weight is 778 g/mol. The summed E-state index contributed by atoms with van der Waals surface area (Å²) in [5, 5.41) is 9.74. The minimum absolute atomic E-state index is 0.563. The van der Waals surface area contributed by atoms with Crippen LogP contribution in [0.5, 0.6) is 0 Å². The summed E-state index contributed by atoms with van der Waals surface area (Å²) < 4.78 is 6.27. The summed E-state index contributed by atoms with van der Waals surface area (Å²) in [6.07, 6.45) is 1.86. The summed E-state index contributed by atoms with van der Waals surface area (Å²) in [5.41, 5.74) is 10.0. The van der Waals surface area contributed by atoms with Crippen LogP contribution in [0.4, 0.5) is 5.69 Å². The second-order valence-corrected chi connectivity index (χ2v) is 15.2. The van der Waals surface area contributed by atoms with Crippen molar-refractivity contribution >= 4 is 70.8 Å². The molecule has 12 aromatic rings. The van der Waals surface area contributed by atoms with Gasteiger partial charge in [-0.15, -0.1) is 0 Å². The van der Waals surface area contributed by atoms with Gasteiger partial charge < -0.3 is 4.42 Å². The third-order valence-corrected chi connectivity index (χ3v) is 11.8. The molecule has 282 valence electrons.